The number of halogens is 1. The lowest BCUT2D eigenvalue weighted by atomic mass is 10.0. The Labute approximate surface area is 125 Å². The van der Waals surface area contributed by atoms with E-state index in [0.29, 0.717) is 18.2 Å². The first-order valence-electron chi connectivity index (χ1n) is 7.40. The minimum atomic E-state index is -1.14. The van der Waals surface area contributed by atoms with Crippen molar-refractivity contribution in [2.75, 3.05) is 17.2 Å². The number of carbonyl (C=O) groups is 1. The number of nitrogen functional groups attached to an aromatic ring is 1. The third-order valence-corrected chi connectivity index (χ3v) is 3.60. The number of carboxylic acid groups (broad SMARTS) is 1. The number of hydrogen-bond acceptors (Lipinski definition) is 3. The molecule has 1 aromatic rings. The molecule has 5 heteroatoms. The number of anilines is 2. The molecule has 0 heterocycles. The van der Waals surface area contributed by atoms with Crippen LogP contribution in [0.5, 0.6) is 0 Å². The van der Waals surface area contributed by atoms with Gasteiger partial charge in [-0.25, -0.2) is 9.18 Å². The normalized spacial score (nSPS) is 11.2. The summed E-state index contributed by atoms with van der Waals surface area (Å²) < 4.78 is 14.3. The van der Waals surface area contributed by atoms with Crippen LogP contribution in [0.2, 0.25) is 0 Å². The van der Waals surface area contributed by atoms with Crippen LogP contribution in [0.15, 0.2) is 12.1 Å². The molecule has 0 atom stereocenters. The van der Waals surface area contributed by atoms with Crippen molar-refractivity contribution in [3.63, 3.8) is 0 Å². The quantitative estimate of drug-likeness (QED) is 0.752. The number of carboxylic acids is 1. The van der Waals surface area contributed by atoms with Gasteiger partial charge in [-0.05, 0) is 30.9 Å². The third-order valence-electron chi connectivity index (χ3n) is 3.60. The van der Waals surface area contributed by atoms with Gasteiger partial charge in [-0.15, -0.1) is 0 Å². The molecule has 0 bridgehead atoms. The zero-order valence-electron chi connectivity index (χ0n) is 13.2. The number of nitrogens with two attached hydrogens (primary N) is 1. The second-order valence-corrected chi connectivity index (χ2v) is 5.71. The van der Waals surface area contributed by atoms with Crippen LogP contribution in [0, 0.1) is 11.7 Å². The summed E-state index contributed by atoms with van der Waals surface area (Å²) >= 11 is 0. The molecule has 1 aromatic carbocycles. The molecule has 118 valence electrons. The number of hydrogen-bond donors (Lipinski definition) is 2. The molecule has 0 aliphatic rings. The van der Waals surface area contributed by atoms with Gasteiger partial charge in [0.15, 0.2) is 0 Å². The summed E-state index contributed by atoms with van der Waals surface area (Å²) in [6, 6.07) is 2.63. The van der Waals surface area contributed by atoms with Crippen molar-refractivity contribution in [3.05, 3.63) is 23.5 Å². The smallest absolute Gasteiger partial charge is 0.337 e. The predicted molar refractivity (Wildman–Crippen MR) is 84.3 cm³/mol. The zero-order valence-corrected chi connectivity index (χ0v) is 13.2. The molecule has 0 aliphatic carbocycles. The van der Waals surface area contributed by atoms with Gasteiger partial charge in [0, 0.05) is 18.3 Å². The average Bonchev–Trinajstić information content (AvgIpc) is 2.38. The molecule has 1 rings (SSSR count). The topological polar surface area (TPSA) is 66.6 Å². The molecule has 0 unspecified atom stereocenters. The number of nitrogens with zero attached hydrogens (tertiary/aromatic N) is 1. The first kappa shape index (κ1) is 17.3. The van der Waals surface area contributed by atoms with Crippen LogP contribution in [0.1, 0.15) is 50.9 Å². The fourth-order valence-electron chi connectivity index (χ4n) is 2.55. The van der Waals surface area contributed by atoms with E-state index < -0.39 is 11.8 Å². The summed E-state index contributed by atoms with van der Waals surface area (Å²) in [6.45, 7) is 8.89. The largest absolute Gasteiger partial charge is 0.478 e. The Balaban J connectivity index is 3.35. The van der Waals surface area contributed by atoms with Gasteiger partial charge in [0.1, 0.15) is 5.82 Å². The van der Waals surface area contributed by atoms with Crippen LogP contribution >= 0.6 is 0 Å². The maximum atomic E-state index is 14.3. The summed E-state index contributed by atoms with van der Waals surface area (Å²) in [5.41, 5.74) is 5.82. The monoisotopic (exact) mass is 296 g/mol. The van der Waals surface area contributed by atoms with E-state index in [2.05, 4.69) is 27.7 Å². The fraction of sp³-hybridized carbons (Fsp3) is 0.562. The third kappa shape index (κ3) is 4.09. The molecular weight excluding hydrogens is 271 g/mol. The van der Waals surface area contributed by atoms with Gasteiger partial charge in [0.25, 0.3) is 0 Å². The van der Waals surface area contributed by atoms with Crippen molar-refractivity contribution < 1.29 is 14.3 Å². The molecule has 0 saturated heterocycles. The fourth-order valence-corrected chi connectivity index (χ4v) is 2.55. The lowest BCUT2D eigenvalue weighted by Gasteiger charge is -2.34. The Morgan fingerprint density at radius 2 is 1.90 bits per heavy atom. The summed E-state index contributed by atoms with van der Waals surface area (Å²) in [5, 5.41) is 9.18. The van der Waals surface area contributed by atoms with Gasteiger partial charge in [0.2, 0.25) is 0 Å². The Bertz CT molecular complexity index is 499. The van der Waals surface area contributed by atoms with Crippen LogP contribution in [-0.2, 0) is 0 Å². The van der Waals surface area contributed by atoms with Crippen molar-refractivity contribution >= 4 is 17.3 Å². The van der Waals surface area contributed by atoms with Gasteiger partial charge in [-0.1, -0.05) is 27.7 Å². The number of benzene rings is 1. The molecule has 0 aromatic heterocycles. The number of rotatable bonds is 7. The highest BCUT2D eigenvalue weighted by Gasteiger charge is 2.22. The van der Waals surface area contributed by atoms with Gasteiger partial charge in [-0.3, -0.25) is 0 Å². The van der Waals surface area contributed by atoms with Gasteiger partial charge in [0.05, 0.1) is 11.3 Å². The van der Waals surface area contributed by atoms with Crippen LogP contribution in [-0.4, -0.2) is 23.7 Å². The molecule has 0 fully saturated rings. The van der Waals surface area contributed by atoms with E-state index in [1.807, 2.05) is 4.90 Å². The van der Waals surface area contributed by atoms with Crippen molar-refractivity contribution in [1.82, 2.24) is 0 Å². The second kappa shape index (κ2) is 7.29. The van der Waals surface area contributed by atoms with E-state index in [9.17, 15) is 14.3 Å². The summed E-state index contributed by atoms with van der Waals surface area (Å²) in [7, 11) is 0. The first-order chi connectivity index (χ1) is 9.81. The van der Waals surface area contributed by atoms with Crippen molar-refractivity contribution in [2.24, 2.45) is 5.92 Å². The molecule has 0 aliphatic heterocycles. The highest BCUT2D eigenvalue weighted by Crippen LogP contribution is 2.29. The van der Waals surface area contributed by atoms with E-state index in [1.54, 1.807) is 0 Å². The Hall–Kier alpha value is -1.78. The molecule has 21 heavy (non-hydrogen) atoms. The summed E-state index contributed by atoms with van der Waals surface area (Å²) in [4.78, 5) is 13.2. The molecule has 0 radical (unpaired) electrons. The summed E-state index contributed by atoms with van der Waals surface area (Å²) in [6.07, 6.45) is 1.74. The molecule has 0 saturated carbocycles. The second-order valence-electron chi connectivity index (χ2n) is 5.71. The molecule has 4 nitrogen and oxygen atoms in total. The standard InChI is InChI=1S/C16H25FN2O2/c1-5-11(6-2)19(9-10(3)4)15-7-12(16(20)21)14(18)8-13(15)17/h7-8,10-11H,5-6,9,18H2,1-4H3,(H,20,21). The van der Waals surface area contributed by atoms with Crippen LogP contribution < -0.4 is 10.6 Å². The molecule has 3 N–H and O–H groups in total. The SMILES string of the molecule is CCC(CC)N(CC(C)C)c1cc(C(=O)O)c(N)cc1F. The lowest BCUT2D eigenvalue weighted by molar-refractivity contribution is 0.0698. The summed E-state index contributed by atoms with van der Waals surface area (Å²) in [5.74, 6) is -1.26. The van der Waals surface area contributed by atoms with Crippen LogP contribution in [0.25, 0.3) is 0 Å². The lowest BCUT2D eigenvalue weighted by Crippen LogP contribution is -2.38. The molecular formula is C16H25FN2O2. The minimum absolute atomic E-state index is 0.0437. The Morgan fingerprint density at radius 3 is 2.33 bits per heavy atom. The minimum Gasteiger partial charge on any atom is -0.478 e. The first-order valence-corrected chi connectivity index (χ1v) is 7.40. The van der Waals surface area contributed by atoms with E-state index in [1.165, 1.54) is 6.07 Å². The average molecular weight is 296 g/mol. The highest BCUT2D eigenvalue weighted by atomic mass is 19.1. The van der Waals surface area contributed by atoms with Gasteiger partial charge < -0.3 is 15.7 Å². The predicted octanol–water partition coefficient (Wildman–Crippen LogP) is 3.76. The van der Waals surface area contributed by atoms with Gasteiger partial charge in [-0.2, -0.15) is 0 Å². The Morgan fingerprint density at radius 1 is 1.33 bits per heavy atom. The van der Waals surface area contributed by atoms with Crippen molar-refractivity contribution in [2.45, 2.75) is 46.6 Å². The Kier molecular flexibility index (Phi) is 6.00. The molecule has 0 amide bonds. The van der Waals surface area contributed by atoms with E-state index in [-0.39, 0.29) is 17.3 Å². The van der Waals surface area contributed by atoms with Crippen LogP contribution in [0.4, 0.5) is 15.8 Å². The van der Waals surface area contributed by atoms with E-state index >= 15 is 0 Å². The van der Waals surface area contributed by atoms with E-state index in [4.69, 9.17) is 5.73 Å². The number of aromatic carboxylic acids is 1. The van der Waals surface area contributed by atoms with Crippen LogP contribution in [0.3, 0.4) is 0 Å². The maximum absolute atomic E-state index is 14.3. The maximum Gasteiger partial charge on any atom is 0.337 e. The van der Waals surface area contributed by atoms with Crippen molar-refractivity contribution in [1.29, 1.82) is 0 Å². The van der Waals surface area contributed by atoms with E-state index in [0.717, 1.165) is 18.9 Å². The van der Waals surface area contributed by atoms with Crippen molar-refractivity contribution in [3.8, 4) is 0 Å². The molecule has 0 spiro atoms. The zero-order chi connectivity index (χ0) is 16.2. The van der Waals surface area contributed by atoms with Gasteiger partial charge >= 0.3 is 5.97 Å². The highest BCUT2D eigenvalue weighted by molar-refractivity contribution is 5.95.